The molecular weight excluding hydrogens is 337 g/mol. The summed E-state index contributed by atoms with van der Waals surface area (Å²) in [7, 11) is 0. The first kappa shape index (κ1) is 16.1. The van der Waals surface area contributed by atoms with Gasteiger partial charge in [0.2, 0.25) is 0 Å². The Kier molecular flexibility index (Phi) is 4.50. The highest BCUT2D eigenvalue weighted by Crippen LogP contribution is 2.41. The smallest absolute Gasteiger partial charge is 0.272 e. The number of benzene rings is 1. The van der Waals surface area contributed by atoms with Gasteiger partial charge in [-0.1, -0.05) is 29.3 Å². The molecule has 2 heterocycles. The van der Waals surface area contributed by atoms with Crippen molar-refractivity contribution in [2.24, 2.45) is 0 Å². The summed E-state index contributed by atoms with van der Waals surface area (Å²) in [5.41, 5.74) is 1.23. The molecule has 1 aromatic carbocycles. The van der Waals surface area contributed by atoms with Crippen molar-refractivity contribution in [1.82, 2.24) is 15.1 Å². The van der Waals surface area contributed by atoms with Crippen LogP contribution in [0.2, 0.25) is 10.0 Å². The molecule has 7 heteroatoms. The predicted molar refractivity (Wildman–Crippen MR) is 89.4 cm³/mol. The fourth-order valence-electron chi connectivity index (χ4n) is 2.53. The number of halogens is 2. The SMILES string of the molecule is CC(C)n1ccc(C(=O)N[C@@H]2CCOc3c2ccc(Cl)c3Cl)n1. The number of hydrogen-bond acceptors (Lipinski definition) is 3. The van der Waals surface area contributed by atoms with Crippen LogP contribution in [-0.2, 0) is 0 Å². The number of carbonyl (C=O) groups excluding carboxylic acids is 1. The van der Waals surface area contributed by atoms with Crippen LogP contribution in [0.1, 0.15) is 48.4 Å². The summed E-state index contributed by atoms with van der Waals surface area (Å²) in [4.78, 5) is 12.4. The summed E-state index contributed by atoms with van der Waals surface area (Å²) < 4.78 is 7.35. The summed E-state index contributed by atoms with van der Waals surface area (Å²) in [6, 6.07) is 5.29. The zero-order valence-electron chi connectivity index (χ0n) is 12.8. The van der Waals surface area contributed by atoms with Crippen molar-refractivity contribution < 1.29 is 9.53 Å². The van der Waals surface area contributed by atoms with Crippen LogP contribution in [0.15, 0.2) is 24.4 Å². The van der Waals surface area contributed by atoms with Gasteiger partial charge in [0.1, 0.15) is 16.5 Å². The average Bonchev–Trinajstić information content (AvgIpc) is 3.02. The van der Waals surface area contributed by atoms with Gasteiger partial charge in [-0.25, -0.2) is 0 Å². The number of nitrogens with zero attached hydrogens (tertiary/aromatic N) is 2. The van der Waals surface area contributed by atoms with Gasteiger partial charge in [-0.15, -0.1) is 0 Å². The Morgan fingerprint density at radius 1 is 1.39 bits per heavy atom. The standard InChI is InChI=1S/C16H17Cl2N3O2/c1-9(2)21-7-5-13(20-21)16(22)19-12-6-8-23-15-10(12)3-4-11(17)14(15)18/h3-5,7,9,12H,6,8H2,1-2H3,(H,19,22)/t12-/m1/s1. The molecule has 1 aliphatic rings. The normalized spacial score (nSPS) is 16.8. The van der Waals surface area contributed by atoms with Crippen molar-refractivity contribution in [2.75, 3.05) is 6.61 Å². The summed E-state index contributed by atoms with van der Waals surface area (Å²) in [6.45, 7) is 4.49. The molecule has 1 amide bonds. The highest BCUT2D eigenvalue weighted by molar-refractivity contribution is 6.43. The third-order valence-corrected chi connectivity index (χ3v) is 4.57. The fraction of sp³-hybridized carbons (Fsp3) is 0.375. The lowest BCUT2D eigenvalue weighted by molar-refractivity contribution is 0.0918. The van der Waals surface area contributed by atoms with Gasteiger partial charge in [0.05, 0.1) is 17.7 Å². The molecule has 5 nitrogen and oxygen atoms in total. The minimum Gasteiger partial charge on any atom is -0.492 e. The molecule has 0 aliphatic carbocycles. The number of aromatic nitrogens is 2. The highest BCUT2D eigenvalue weighted by atomic mass is 35.5. The third kappa shape index (κ3) is 3.16. The molecule has 1 aliphatic heterocycles. The van der Waals surface area contributed by atoms with E-state index >= 15 is 0 Å². The van der Waals surface area contributed by atoms with Gasteiger partial charge in [-0.3, -0.25) is 9.48 Å². The minimum absolute atomic E-state index is 0.176. The van der Waals surface area contributed by atoms with Crippen molar-refractivity contribution in [2.45, 2.75) is 32.4 Å². The monoisotopic (exact) mass is 353 g/mol. The zero-order valence-corrected chi connectivity index (χ0v) is 14.4. The van der Waals surface area contributed by atoms with E-state index in [1.54, 1.807) is 23.0 Å². The van der Waals surface area contributed by atoms with Crippen molar-refractivity contribution in [3.8, 4) is 5.75 Å². The molecule has 0 radical (unpaired) electrons. The molecule has 0 saturated carbocycles. The first-order valence-corrected chi connectivity index (χ1v) is 8.19. The lowest BCUT2D eigenvalue weighted by Gasteiger charge is -2.27. The second-order valence-electron chi connectivity index (χ2n) is 5.72. The van der Waals surface area contributed by atoms with Crippen LogP contribution < -0.4 is 10.1 Å². The first-order valence-electron chi connectivity index (χ1n) is 7.44. The number of hydrogen-bond donors (Lipinski definition) is 1. The van der Waals surface area contributed by atoms with Crippen molar-refractivity contribution in [1.29, 1.82) is 0 Å². The molecule has 2 aromatic rings. The number of ether oxygens (including phenoxy) is 1. The van der Waals surface area contributed by atoms with Gasteiger partial charge in [0.25, 0.3) is 5.91 Å². The van der Waals surface area contributed by atoms with E-state index < -0.39 is 0 Å². The van der Waals surface area contributed by atoms with Gasteiger partial charge >= 0.3 is 0 Å². The van der Waals surface area contributed by atoms with Crippen LogP contribution >= 0.6 is 23.2 Å². The largest absolute Gasteiger partial charge is 0.492 e. The Morgan fingerprint density at radius 2 is 2.17 bits per heavy atom. The molecular formula is C16H17Cl2N3O2. The Morgan fingerprint density at radius 3 is 2.87 bits per heavy atom. The Labute approximate surface area is 144 Å². The van der Waals surface area contributed by atoms with E-state index in [0.29, 0.717) is 34.5 Å². The van der Waals surface area contributed by atoms with E-state index in [2.05, 4.69) is 10.4 Å². The second-order valence-corrected chi connectivity index (χ2v) is 6.50. The van der Waals surface area contributed by atoms with Crippen molar-refractivity contribution in [3.05, 3.63) is 45.7 Å². The molecule has 0 fully saturated rings. The third-order valence-electron chi connectivity index (χ3n) is 3.78. The number of nitrogens with one attached hydrogen (secondary N) is 1. The fourth-order valence-corrected chi connectivity index (χ4v) is 2.91. The van der Waals surface area contributed by atoms with E-state index in [-0.39, 0.29) is 18.0 Å². The molecule has 0 bridgehead atoms. The van der Waals surface area contributed by atoms with Crippen molar-refractivity contribution in [3.63, 3.8) is 0 Å². The van der Waals surface area contributed by atoms with Gasteiger partial charge in [-0.2, -0.15) is 5.10 Å². The number of fused-ring (bicyclic) bond motifs is 1. The molecule has 122 valence electrons. The van der Waals surface area contributed by atoms with Crippen LogP contribution in [0, 0.1) is 0 Å². The predicted octanol–water partition coefficient (Wildman–Crippen LogP) is 4.02. The number of amides is 1. The quantitative estimate of drug-likeness (QED) is 0.906. The highest BCUT2D eigenvalue weighted by Gasteiger charge is 2.26. The molecule has 0 saturated heterocycles. The van der Waals surface area contributed by atoms with E-state index in [1.807, 2.05) is 19.9 Å². The molecule has 1 atom stereocenters. The molecule has 1 N–H and O–H groups in total. The lowest BCUT2D eigenvalue weighted by Crippen LogP contribution is -2.32. The topological polar surface area (TPSA) is 56.2 Å². The maximum absolute atomic E-state index is 12.4. The molecule has 1 aromatic heterocycles. The van der Waals surface area contributed by atoms with Crippen molar-refractivity contribution >= 4 is 29.1 Å². The van der Waals surface area contributed by atoms with Crippen LogP contribution in [-0.4, -0.2) is 22.3 Å². The molecule has 0 spiro atoms. The van der Waals surface area contributed by atoms with Gasteiger partial charge in [0, 0.05) is 24.2 Å². The summed E-state index contributed by atoms with van der Waals surface area (Å²) >= 11 is 12.2. The minimum atomic E-state index is -0.215. The Bertz CT molecular complexity index is 743. The lowest BCUT2D eigenvalue weighted by atomic mass is 10.0. The maximum Gasteiger partial charge on any atom is 0.272 e. The Hall–Kier alpha value is -1.72. The van der Waals surface area contributed by atoms with Crippen LogP contribution in [0.5, 0.6) is 5.75 Å². The van der Waals surface area contributed by atoms with Gasteiger partial charge in [0.15, 0.2) is 0 Å². The first-order chi connectivity index (χ1) is 11.0. The van der Waals surface area contributed by atoms with E-state index in [1.165, 1.54) is 0 Å². The van der Waals surface area contributed by atoms with Crippen LogP contribution in [0.25, 0.3) is 0 Å². The number of carbonyl (C=O) groups is 1. The summed E-state index contributed by atoms with van der Waals surface area (Å²) in [5.74, 6) is 0.330. The summed E-state index contributed by atoms with van der Waals surface area (Å²) in [6.07, 6.45) is 2.47. The molecule has 23 heavy (non-hydrogen) atoms. The van der Waals surface area contributed by atoms with Gasteiger partial charge < -0.3 is 10.1 Å². The van der Waals surface area contributed by atoms with Crippen LogP contribution in [0.4, 0.5) is 0 Å². The van der Waals surface area contributed by atoms with E-state index in [0.717, 1.165) is 5.56 Å². The maximum atomic E-state index is 12.4. The van der Waals surface area contributed by atoms with E-state index in [4.69, 9.17) is 27.9 Å². The zero-order chi connectivity index (χ0) is 16.6. The molecule has 0 unspecified atom stereocenters. The molecule has 3 rings (SSSR count). The number of rotatable bonds is 3. The van der Waals surface area contributed by atoms with E-state index in [9.17, 15) is 4.79 Å². The van der Waals surface area contributed by atoms with Gasteiger partial charge in [-0.05, 0) is 26.0 Å². The Balaban J connectivity index is 1.81. The summed E-state index contributed by atoms with van der Waals surface area (Å²) in [5, 5.41) is 8.10. The average molecular weight is 354 g/mol. The van der Waals surface area contributed by atoms with Crippen LogP contribution in [0.3, 0.4) is 0 Å². The second kappa shape index (κ2) is 6.42.